The lowest BCUT2D eigenvalue weighted by molar-refractivity contribution is 0.540. The highest BCUT2D eigenvalue weighted by atomic mass is 32.1. The minimum Gasteiger partial charge on any atom is -0.271 e. The van der Waals surface area contributed by atoms with Crippen LogP contribution in [-0.2, 0) is 6.42 Å². The molecule has 2 heterocycles. The summed E-state index contributed by atoms with van der Waals surface area (Å²) in [5.41, 5.74) is 6.65. The normalized spacial score (nSPS) is 12.9. The lowest BCUT2D eigenvalue weighted by Crippen LogP contribution is -2.29. The maximum atomic E-state index is 5.60. The van der Waals surface area contributed by atoms with Gasteiger partial charge in [-0.25, -0.2) is 9.97 Å². The van der Waals surface area contributed by atoms with Gasteiger partial charge in [0.1, 0.15) is 0 Å². The summed E-state index contributed by atoms with van der Waals surface area (Å²) >= 11 is 3.28. The van der Waals surface area contributed by atoms with Crippen LogP contribution in [0.5, 0.6) is 0 Å². The zero-order valence-corrected chi connectivity index (χ0v) is 11.2. The maximum absolute atomic E-state index is 5.60. The third-order valence-corrected chi connectivity index (χ3v) is 4.39. The van der Waals surface area contributed by atoms with Crippen molar-refractivity contribution >= 4 is 32.9 Å². The predicted molar refractivity (Wildman–Crippen MR) is 75.5 cm³/mol. The molecular formula is C12H12N4S2. The summed E-state index contributed by atoms with van der Waals surface area (Å²) in [5, 5.41) is 3.09. The van der Waals surface area contributed by atoms with Crippen LogP contribution >= 0.6 is 22.7 Å². The number of hydrogen-bond acceptors (Lipinski definition) is 6. The van der Waals surface area contributed by atoms with Gasteiger partial charge in [0.2, 0.25) is 0 Å². The van der Waals surface area contributed by atoms with Crippen LogP contribution in [0, 0.1) is 0 Å². The van der Waals surface area contributed by atoms with E-state index in [2.05, 4.69) is 21.5 Å². The number of rotatable bonds is 4. The maximum Gasteiger partial charge on any atom is 0.0958 e. The van der Waals surface area contributed by atoms with Crippen LogP contribution in [0.1, 0.15) is 16.7 Å². The standard InChI is InChI=1S/C12H12N4S2/c13-16-9(10-6-17-7-14-10)5-12-15-8-3-1-2-4-11(8)18-12/h1-4,6-7,9,16H,5,13H2. The minimum atomic E-state index is 0.0248. The van der Waals surface area contributed by atoms with Gasteiger partial charge in [0, 0.05) is 11.8 Å². The van der Waals surface area contributed by atoms with Crippen LogP contribution in [0.25, 0.3) is 10.2 Å². The van der Waals surface area contributed by atoms with Gasteiger partial charge in [-0.15, -0.1) is 22.7 Å². The first-order valence-electron chi connectivity index (χ1n) is 5.55. The third-order valence-electron chi connectivity index (χ3n) is 2.73. The molecule has 2 aromatic heterocycles. The first kappa shape index (κ1) is 11.7. The van der Waals surface area contributed by atoms with Gasteiger partial charge in [-0.05, 0) is 12.1 Å². The van der Waals surface area contributed by atoms with Crippen LogP contribution in [0.4, 0.5) is 0 Å². The zero-order valence-electron chi connectivity index (χ0n) is 9.54. The average Bonchev–Trinajstić information content (AvgIpc) is 3.04. The van der Waals surface area contributed by atoms with Crippen molar-refractivity contribution in [2.75, 3.05) is 0 Å². The second kappa shape index (κ2) is 5.11. The Morgan fingerprint density at radius 1 is 1.33 bits per heavy atom. The van der Waals surface area contributed by atoms with Crippen LogP contribution in [0.3, 0.4) is 0 Å². The highest BCUT2D eigenvalue weighted by molar-refractivity contribution is 7.18. The second-order valence-corrected chi connectivity index (χ2v) is 5.75. The number of hydrogen-bond donors (Lipinski definition) is 2. The molecule has 3 N–H and O–H groups in total. The Kier molecular flexibility index (Phi) is 3.33. The topological polar surface area (TPSA) is 63.8 Å². The molecule has 0 saturated carbocycles. The molecule has 0 aliphatic rings. The number of thiazole rings is 2. The van der Waals surface area contributed by atoms with Gasteiger partial charge in [0.15, 0.2) is 0 Å². The smallest absolute Gasteiger partial charge is 0.0958 e. The van der Waals surface area contributed by atoms with E-state index in [1.807, 2.05) is 29.1 Å². The Balaban J connectivity index is 1.86. The molecule has 0 fully saturated rings. The molecule has 0 saturated heterocycles. The van der Waals surface area contributed by atoms with Crippen molar-refractivity contribution < 1.29 is 0 Å². The van der Waals surface area contributed by atoms with Gasteiger partial charge in [0.05, 0.1) is 32.5 Å². The minimum absolute atomic E-state index is 0.0248. The molecule has 0 bridgehead atoms. The number of aromatic nitrogens is 2. The molecule has 1 atom stereocenters. The van der Waals surface area contributed by atoms with E-state index in [0.717, 1.165) is 22.6 Å². The molecule has 3 aromatic rings. The lowest BCUT2D eigenvalue weighted by Gasteiger charge is -2.11. The first-order chi connectivity index (χ1) is 8.86. The van der Waals surface area contributed by atoms with Gasteiger partial charge in [0.25, 0.3) is 0 Å². The Bertz CT molecular complexity index is 599. The quantitative estimate of drug-likeness (QED) is 0.567. The summed E-state index contributed by atoms with van der Waals surface area (Å²) in [6.07, 6.45) is 0.763. The highest BCUT2D eigenvalue weighted by Gasteiger charge is 2.15. The summed E-state index contributed by atoms with van der Waals surface area (Å²) in [6.45, 7) is 0. The van der Waals surface area contributed by atoms with Gasteiger partial charge >= 0.3 is 0 Å². The average molecular weight is 276 g/mol. The molecule has 4 nitrogen and oxygen atoms in total. The van der Waals surface area contributed by atoms with E-state index >= 15 is 0 Å². The Morgan fingerprint density at radius 2 is 2.22 bits per heavy atom. The molecule has 92 valence electrons. The van der Waals surface area contributed by atoms with Gasteiger partial charge < -0.3 is 0 Å². The third kappa shape index (κ3) is 2.28. The monoisotopic (exact) mass is 276 g/mol. The molecular weight excluding hydrogens is 264 g/mol. The van der Waals surface area contributed by atoms with Crippen LogP contribution in [0.15, 0.2) is 35.2 Å². The van der Waals surface area contributed by atoms with Crippen molar-refractivity contribution in [3.63, 3.8) is 0 Å². The Labute approximate surface area is 112 Å². The second-order valence-electron chi connectivity index (χ2n) is 3.91. The SMILES string of the molecule is NNC(Cc1nc2ccccc2s1)c1cscn1. The van der Waals surface area contributed by atoms with Crippen molar-refractivity contribution in [2.24, 2.45) is 5.84 Å². The van der Waals surface area contributed by atoms with E-state index < -0.39 is 0 Å². The summed E-state index contributed by atoms with van der Waals surface area (Å²) in [4.78, 5) is 8.90. The Hall–Kier alpha value is -1.34. The molecule has 18 heavy (non-hydrogen) atoms. The van der Waals surface area contributed by atoms with Gasteiger partial charge in [-0.2, -0.15) is 0 Å². The highest BCUT2D eigenvalue weighted by Crippen LogP contribution is 2.25. The van der Waals surface area contributed by atoms with E-state index in [-0.39, 0.29) is 6.04 Å². The molecule has 1 aromatic carbocycles. The van der Waals surface area contributed by atoms with E-state index in [1.54, 1.807) is 22.7 Å². The fourth-order valence-corrected chi connectivity index (χ4v) is 3.45. The van der Waals surface area contributed by atoms with Crippen molar-refractivity contribution in [3.05, 3.63) is 45.9 Å². The number of nitrogens with one attached hydrogen (secondary N) is 1. The van der Waals surface area contributed by atoms with Crippen molar-refractivity contribution in [3.8, 4) is 0 Å². The van der Waals surface area contributed by atoms with E-state index in [4.69, 9.17) is 5.84 Å². The molecule has 0 radical (unpaired) electrons. The predicted octanol–water partition coefficient (Wildman–Crippen LogP) is 2.50. The van der Waals surface area contributed by atoms with E-state index in [9.17, 15) is 0 Å². The molecule has 0 aliphatic heterocycles. The number of benzene rings is 1. The molecule has 3 rings (SSSR count). The summed E-state index contributed by atoms with van der Waals surface area (Å²) in [6, 6.07) is 8.18. The van der Waals surface area contributed by atoms with Crippen molar-refractivity contribution in [1.82, 2.24) is 15.4 Å². The molecule has 0 amide bonds. The summed E-state index contributed by atoms with van der Waals surface area (Å²) in [5.74, 6) is 5.60. The van der Waals surface area contributed by atoms with E-state index in [1.165, 1.54) is 4.70 Å². The summed E-state index contributed by atoms with van der Waals surface area (Å²) < 4.78 is 1.21. The fourth-order valence-electron chi connectivity index (χ4n) is 1.82. The van der Waals surface area contributed by atoms with E-state index in [0.29, 0.717) is 0 Å². The lowest BCUT2D eigenvalue weighted by atomic mass is 10.2. The van der Waals surface area contributed by atoms with Crippen molar-refractivity contribution in [2.45, 2.75) is 12.5 Å². The molecule has 0 spiro atoms. The number of nitrogens with zero attached hydrogens (tertiary/aromatic N) is 2. The van der Waals surface area contributed by atoms with Crippen LogP contribution in [-0.4, -0.2) is 9.97 Å². The largest absolute Gasteiger partial charge is 0.271 e. The fraction of sp³-hybridized carbons (Fsp3) is 0.167. The number of nitrogens with two attached hydrogens (primary N) is 1. The Morgan fingerprint density at radius 3 is 2.94 bits per heavy atom. The van der Waals surface area contributed by atoms with Crippen LogP contribution < -0.4 is 11.3 Å². The number of para-hydroxylation sites is 1. The van der Waals surface area contributed by atoms with Gasteiger partial charge in [-0.3, -0.25) is 11.3 Å². The molecule has 1 unspecified atom stereocenters. The van der Waals surface area contributed by atoms with Crippen molar-refractivity contribution in [1.29, 1.82) is 0 Å². The molecule has 0 aliphatic carbocycles. The zero-order chi connectivity index (χ0) is 12.4. The van der Waals surface area contributed by atoms with Crippen LogP contribution in [0.2, 0.25) is 0 Å². The summed E-state index contributed by atoms with van der Waals surface area (Å²) in [7, 11) is 0. The van der Waals surface area contributed by atoms with Gasteiger partial charge in [-0.1, -0.05) is 12.1 Å². The molecule has 6 heteroatoms. The first-order valence-corrected chi connectivity index (χ1v) is 7.31. The number of fused-ring (bicyclic) bond motifs is 1. The number of hydrazine groups is 1.